The lowest BCUT2D eigenvalue weighted by molar-refractivity contribution is -0.125. The van der Waals surface area contributed by atoms with E-state index in [1.807, 2.05) is 13.8 Å². The highest BCUT2D eigenvalue weighted by atomic mass is 16.1. The Balaban J connectivity index is 3.79. The summed E-state index contributed by atoms with van der Waals surface area (Å²) in [6.45, 7) is 4.30. The summed E-state index contributed by atoms with van der Waals surface area (Å²) >= 11 is 0. The predicted molar refractivity (Wildman–Crippen MR) is 53.9 cm³/mol. The first-order valence-electron chi connectivity index (χ1n) is 4.55. The van der Waals surface area contributed by atoms with Gasteiger partial charge in [0.2, 0.25) is 5.91 Å². The molecule has 0 rings (SSSR count). The van der Waals surface area contributed by atoms with Gasteiger partial charge in [-0.25, -0.2) is 0 Å². The van der Waals surface area contributed by atoms with E-state index in [4.69, 9.17) is 12.2 Å². The third-order valence-corrected chi connectivity index (χ3v) is 1.86. The van der Waals surface area contributed by atoms with Crippen LogP contribution in [0, 0.1) is 18.3 Å². The average Bonchev–Trinajstić information content (AvgIpc) is 2.05. The van der Waals surface area contributed by atoms with E-state index < -0.39 is 0 Å². The minimum absolute atomic E-state index is 0.0229. The summed E-state index contributed by atoms with van der Waals surface area (Å²) in [5.41, 5.74) is 5.34. The molecule has 0 aromatic heterocycles. The van der Waals surface area contributed by atoms with Crippen LogP contribution in [0.4, 0.5) is 0 Å². The summed E-state index contributed by atoms with van der Waals surface area (Å²) in [4.78, 5) is 11.4. The van der Waals surface area contributed by atoms with Gasteiger partial charge in [0.1, 0.15) is 0 Å². The molecule has 0 aromatic rings. The Kier molecular flexibility index (Phi) is 5.99. The molecule has 0 saturated carbocycles. The Bertz CT molecular complexity index is 196. The van der Waals surface area contributed by atoms with Crippen LogP contribution in [0.15, 0.2) is 0 Å². The van der Waals surface area contributed by atoms with Crippen molar-refractivity contribution in [3.8, 4) is 12.3 Å². The van der Waals surface area contributed by atoms with Crippen molar-refractivity contribution in [1.29, 1.82) is 0 Å². The summed E-state index contributed by atoms with van der Waals surface area (Å²) in [7, 11) is 0. The van der Waals surface area contributed by atoms with E-state index in [2.05, 4.69) is 11.2 Å². The zero-order valence-electron chi connectivity index (χ0n) is 8.34. The van der Waals surface area contributed by atoms with Gasteiger partial charge in [0, 0.05) is 18.4 Å². The van der Waals surface area contributed by atoms with Crippen molar-refractivity contribution in [2.75, 3.05) is 6.54 Å². The van der Waals surface area contributed by atoms with Crippen LogP contribution >= 0.6 is 0 Å². The van der Waals surface area contributed by atoms with Crippen LogP contribution < -0.4 is 11.1 Å². The Hall–Kier alpha value is -1.01. The molecule has 0 aliphatic rings. The van der Waals surface area contributed by atoms with E-state index in [0.717, 1.165) is 0 Å². The highest BCUT2D eigenvalue weighted by Gasteiger charge is 2.13. The van der Waals surface area contributed by atoms with Gasteiger partial charge in [-0.15, -0.1) is 12.3 Å². The number of hydrogen-bond donors (Lipinski definition) is 2. The third-order valence-electron chi connectivity index (χ3n) is 1.86. The highest BCUT2D eigenvalue weighted by molar-refractivity contribution is 5.78. The Morgan fingerprint density at radius 3 is 2.69 bits per heavy atom. The summed E-state index contributed by atoms with van der Waals surface area (Å²) in [5, 5.41) is 2.83. The van der Waals surface area contributed by atoms with Crippen LogP contribution in [-0.4, -0.2) is 18.5 Å². The fraction of sp³-hybridized carbons (Fsp3) is 0.700. The standard InChI is InChI=1S/C10H18N2O/c1-4-5-9(3)12-10(13)8(2)6-7-11/h1,8-9H,5-7,11H2,2-3H3,(H,12,13). The lowest BCUT2D eigenvalue weighted by atomic mass is 10.1. The summed E-state index contributed by atoms with van der Waals surface area (Å²) in [5.74, 6) is 2.52. The molecule has 0 aromatic carbocycles. The molecular formula is C10H18N2O. The van der Waals surface area contributed by atoms with Gasteiger partial charge < -0.3 is 11.1 Å². The molecule has 0 saturated heterocycles. The summed E-state index contributed by atoms with van der Waals surface area (Å²) < 4.78 is 0. The third kappa shape index (κ3) is 5.26. The summed E-state index contributed by atoms with van der Waals surface area (Å²) in [6.07, 6.45) is 6.41. The van der Waals surface area contributed by atoms with Gasteiger partial charge in [0.25, 0.3) is 0 Å². The van der Waals surface area contributed by atoms with Crippen LogP contribution in [0.3, 0.4) is 0 Å². The van der Waals surface area contributed by atoms with Crippen molar-refractivity contribution in [2.24, 2.45) is 11.7 Å². The minimum atomic E-state index is -0.0229. The molecule has 0 aliphatic heterocycles. The van der Waals surface area contributed by atoms with Crippen LogP contribution in [0.1, 0.15) is 26.7 Å². The van der Waals surface area contributed by atoms with Crippen molar-refractivity contribution in [1.82, 2.24) is 5.32 Å². The second-order valence-corrected chi connectivity index (χ2v) is 3.30. The molecule has 74 valence electrons. The van der Waals surface area contributed by atoms with E-state index in [1.165, 1.54) is 0 Å². The van der Waals surface area contributed by atoms with Crippen molar-refractivity contribution in [3.63, 3.8) is 0 Å². The van der Waals surface area contributed by atoms with E-state index >= 15 is 0 Å². The molecule has 3 nitrogen and oxygen atoms in total. The Morgan fingerprint density at radius 1 is 1.62 bits per heavy atom. The summed E-state index contributed by atoms with van der Waals surface area (Å²) in [6, 6.07) is 0.0534. The molecule has 3 heteroatoms. The topological polar surface area (TPSA) is 55.1 Å². The first-order valence-corrected chi connectivity index (χ1v) is 4.55. The number of carbonyl (C=O) groups is 1. The molecule has 2 unspecified atom stereocenters. The maximum Gasteiger partial charge on any atom is 0.223 e. The van der Waals surface area contributed by atoms with Crippen LogP contribution in [0.25, 0.3) is 0 Å². The minimum Gasteiger partial charge on any atom is -0.352 e. The molecule has 3 N–H and O–H groups in total. The number of nitrogens with one attached hydrogen (secondary N) is 1. The lowest BCUT2D eigenvalue weighted by Crippen LogP contribution is -2.36. The Morgan fingerprint density at radius 2 is 2.23 bits per heavy atom. The van der Waals surface area contributed by atoms with Gasteiger partial charge in [-0.2, -0.15) is 0 Å². The number of nitrogens with two attached hydrogens (primary N) is 1. The normalized spacial score (nSPS) is 14.3. The van der Waals surface area contributed by atoms with Crippen LogP contribution in [0.5, 0.6) is 0 Å². The van der Waals surface area contributed by atoms with Gasteiger partial charge in [-0.1, -0.05) is 6.92 Å². The lowest BCUT2D eigenvalue weighted by Gasteiger charge is -2.14. The maximum absolute atomic E-state index is 11.4. The fourth-order valence-electron chi connectivity index (χ4n) is 0.994. The molecule has 0 fully saturated rings. The second-order valence-electron chi connectivity index (χ2n) is 3.30. The first kappa shape index (κ1) is 12.0. The van der Waals surface area contributed by atoms with Gasteiger partial charge in [0.15, 0.2) is 0 Å². The van der Waals surface area contributed by atoms with Gasteiger partial charge in [0.05, 0.1) is 0 Å². The number of rotatable bonds is 5. The largest absolute Gasteiger partial charge is 0.352 e. The van der Waals surface area contributed by atoms with E-state index in [9.17, 15) is 4.79 Å². The van der Waals surface area contributed by atoms with Crippen molar-refractivity contribution in [2.45, 2.75) is 32.7 Å². The Labute approximate surface area is 80.1 Å². The van der Waals surface area contributed by atoms with E-state index in [-0.39, 0.29) is 17.9 Å². The molecule has 2 atom stereocenters. The molecular weight excluding hydrogens is 164 g/mol. The van der Waals surface area contributed by atoms with Crippen molar-refractivity contribution in [3.05, 3.63) is 0 Å². The molecule has 0 radical (unpaired) electrons. The molecule has 0 aliphatic carbocycles. The van der Waals surface area contributed by atoms with Crippen LogP contribution in [0.2, 0.25) is 0 Å². The second kappa shape index (κ2) is 6.50. The SMILES string of the molecule is C#CCC(C)NC(=O)C(C)CCN. The van der Waals surface area contributed by atoms with E-state index in [0.29, 0.717) is 19.4 Å². The van der Waals surface area contributed by atoms with Crippen molar-refractivity contribution < 1.29 is 4.79 Å². The zero-order chi connectivity index (χ0) is 10.3. The predicted octanol–water partition coefficient (Wildman–Crippen LogP) is 0.499. The molecule has 13 heavy (non-hydrogen) atoms. The van der Waals surface area contributed by atoms with Crippen molar-refractivity contribution >= 4 is 5.91 Å². The molecule has 0 heterocycles. The maximum atomic E-state index is 11.4. The number of hydrogen-bond acceptors (Lipinski definition) is 2. The zero-order valence-corrected chi connectivity index (χ0v) is 8.34. The quantitative estimate of drug-likeness (QED) is 0.608. The molecule has 0 bridgehead atoms. The number of terminal acetylenes is 1. The number of carbonyl (C=O) groups excluding carboxylic acids is 1. The van der Waals surface area contributed by atoms with Gasteiger partial charge >= 0.3 is 0 Å². The first-order chi connectivity index (χ1) is 6.11. The molecule has 0 spiro atoms. The number of amides is 1. The van der Waals surface area contributed by atoms with E-state index in [1.54, 1.807) is 0 Å². The van der Waals surface area contributed by atoms with Crippen LogP contribution in [-0.2, 0) is 4.79 Å². The highest BCUT2D eigenvalue weighted by Crippen LogP contribution is 2.01. The fourth-order valence-corrected chi connectivity index (χ4v) is 0.994. The monoisotopic (exact) mass is 182 g/mol. The van der Waals surface area contributed by atoms with Gasteiger partial charge in [-0.3, -0.25) is 4.79 Å². The average molecular weight is 182 g/mol. The smallest absolute Gasteiger partial charge is 0.223 e. The molecule has 1 amide bonds. The van der Waals surface area contributed by atoms with Gasteiger partial charge in [-0.05, 0) is 19.9 Å².